The van der Waals surface area contributed by atoms with Crippen LogP contribution in [-0.4, -0.2) is 21.4 Å². The summed E-state index contributed by atoms with van der Waals surface area (Å²) in [4.78, 5) is 12.5. The fourth-order valence-corrected chi connectivity index (χ4v) is 3.50. The van der Waals surface area contributed by atoms with Crippen molar-refractivity contribution in [1.29, 1.82) is 0 Å². The van der Waals surface area contributed by atoms with E-state index in [-0.39, 0.29) is 5.91 Å². The minimum atomic E-state index is -0.407. The highest BCUT2D eigenvalue weighted by molar-refractivity contribution is 8.00. The molecule has 0 saturated carbocycles. The lowest BCUT2D eigenvalue weighted by Gasteiger charge is -2.12. The summed E-state index contributed by atoms with van der Waals surface area (Å²) in [5.74, 6) is 0.291. The van der Waals surface area contributed by atoms with Crippen molar-refractivity contribution in [3.05, 3.63) is 58.1 Å². The van der Waals surface area contributed by atoms with Gasteiger partial charge in [0, 0.05) is 16.3 Å². The molecule has 0 aliphatic heterocycles. The van der Waals surface area contributed by atoms with Gasteiger partial charge in [-0.1, -0.05) is 46.6 Å². The summed E-state index contributed by atoms with van der Waals surface area (Å²) in [7, 11) is 0. The minimum absolute atomic E-state index is 0.156. The molecule has 27 heavy (non-hydrogen) atoms. The number of rotatable bonds is 5. The molecule has 0 spiro atoms. The summed E-state index contributed by atoms with van der Waals surface area (Å²) in [6.45, 7) is 7.75. The second-order valence-corrected chi connectivity index (χ2v) is 8.19. The highest BCUT2D eigenvalue weighted by Crippen LogP contribution is 2.28. The Bertz CT molecular complexity index is 967. The monoisotopic (exact) mass is 401 g/mol. The first-order valence-corrected chi connectivity index (χ1v) is 9.73. The summed E-state index contributed by atoms with van der Waals surface area (Å²) in [6.07, 6.45) is 0. The predicted octanol–water partition coefficient (Wildman–Crippen LogP) is 5.43. The Balaban J connectivity index is 1.69. The predicted molar refractivity (Wildman–Crippen MR) is 109 cm³/mol. The summed E-state index contributed by atoms with van der Waals surface area (Å²) < 4.78 is 5.73. The van der Waals surface area contributed by atoms with Crippen molar-refractivity contribution in [2.24, 2.45) is 0 Å². The summed E-state index contributed by atoms with van der Waals surface area (Å²) in [5.41, 5.74) is 4.77. The molecule has 2 aromatic carbocycles. The molecule has 1 amide bonds. The van der Waals surface area contributed by atoms with E-state index in [2.05, 4.69) is 21.6 Å². The van der Waals surface area contributed by atoms with E-state index in [0.29, 0.717) is 21.8 Å². The number of aryl methyl sites for hydroxylation is 3. The SMILES string of the molecule is Cc1cc(C)cc(-c2nnc(SC(C)C(=O)Nc3cc(Cl)ccc3C)o2)c1. The van der Waals surface area contributed by atoms with Crippen LogP contribution in [0.1, 0.15) is 23.6 Å². The van der Waals surface area contributed by atoms with Gasteiger partial charge in [-0.05, 0) is 57.5 Å². The van der Waals surface area contributed by atoms with Gasteiger partial charge in [0.2, 0.25) is 11.8 Å². The fraction of sp³-hybridized carbons (Fsp3) is 0.250. The maximum atomic E-state index is 12.5. The minimum Gasteiger partial charge on any atom is -0.411 e. The van der Waals surface area contributed by atoms with E-state index in [0.717, 1.165) is 22.3 Å². The van der Waals surface area contributed by atoms with Crippen molar-refractivity contribution in [3.8, 4) is 11.5 Å². The number of carbonyl (C=O) groups excluding carboxylic acids is 1. The van der Waals surface area contributed by atoms with Crippen molar-refractivity contribution in [2.75, 3.05) is 5.32 Å². The van der Waals surface area contributed by atoms with E-state index in [4.69, 9.17) is 16.0 Å². The largest absolute Gasteiger partial charge is 0.411 e. The van der Waals surface area contributed by atoms with Gasteiger partial charge in [0.25, 0.3) is 5.22 Å². The maximum Gasteiger partial charge on any atom is 0.277 e. The first-order valence-electron chi connectivity index (χ1n) is 8.47. The average Bonchev–Trinajstić information content (AvgIpc) is 3.05. The van der Waals surface area contributed by atoms with Crippen LogP contribution in [0.15, 0.2) is 46.0 Å². The zero-order valence-corrected chi connectivity index (χ0v) is 17.1. The molecule has 1 heterocycles. The van der Waals surface area contributed by atoms with Crippen LogP contribution in [0.2, 0.25) is 5.02 Å². The van der Waals surface area contributed by atoms with Gasteiger partial charge >= 0.3 is 0 Å². The van der Waals surface area contributed by atoms with Gasteiger partial charge < -0.3 is 9.73 Å². The normalized spacial score (nSPS) is 12.0. The standard InChI is InChI=1S/C20H20ClN3O2S/c1-11-7-12(2)9-15(8-11)19-23-24-20(26-19)27-14(4)18(25)22-17-10-16(21)6-5-13(17)3/h5-10,14H,1-4H3,(H,22,25). The van der Waals surface area contributed by atoms with Crippen LogP contribution in [0.3, 0.4) is 0 Å². The number of hydrogen-bond donors (Lipinski definition) is 1. The number of thioether (sulfide) groups is 1. The molecule has 5 nitrogen and oxygen atoms in total. The van der Waals surface area contributed by atoms with Crippen molar-refractivity contribution < 1.29 is 9.21 Å². The summed E-state index contributed by atoms with van der Waals surface area (Å²) >= 11 is 7.22. The zero-order chi connectivity index (χ0) is 19.6. The number of carbonyl (C=O) groups is 1. The quantitative estimate of drug-likeness (QED) is 0.577. The summed E-state index contributed by atoms with van der Waals surface area (Å²) in [5, 5.41) is 11.6. The second-order valence-electron chi connectivity index (χ2n) is 6.46. The molecule has 0 fully saturated rings. The first kappa shape index (κ1) is 19.5. The Labute approximate surface area is 167 Å². The molecule has 3 aromatic rings. The number of anilines is 1. The maximum absolute atomic E-state index is 12.5. The van der Waals surface area contributed by atoms with E-state index in [1.807, 2.05) is 39.0 Å². The topological polar surface area (TPSA) is 68.0 Å². The smallest absolute Gasteiger partial charge is 0.277 e. The molecule has 1 unspecified atom stereocenters. The van der Waals surface area contributed by atoms with E-state index in [9.17, 15) is 4.79 Å². The lowest BCUT2D eigenvalue weighted by molar-refractivity contribution is -0.115. The lowest BCUT2D eigenvalue weighted by Crippen LogP contribution is -2.22. The number of benzene rings is 2. The third-order valence-corrected chi connectivity index (χ3v) is 5.15. The third kappa shape index (κ3) is 4.90. The Morgan fingerprint density at radius 3 is 2.52 bits per heavy atom. The van der Waals surface area contributed by atoms with Gasteiger partial charge in [-0.15, -0.1) is 10.2 Å². The van der Waals surface area contributed by atoms with E-state index < -0.39 is 5.25 Å². The molecule has 1 N–H and O–H groups in total. The molecule has 0 bridgehead atoms. The van der Waals surface area contributed by atoms with E-state index >= 15 is 0 Å². The van der Waals surface area contributed by atoms with E-state index in [1.54, 1.807) is 19.1 Å². The highest BCUT2D eigenvalue weighted by Gasteiger charge is 2.19. The molecule has 0 radical (unpaired) electrons. The van der Waals surface area contributed by atoms with Crippen LogP contribution in [0.5, 0.6) is 0 Å². The second kappa shape index (κ2) is 8.15. The highest BCUT2D eigenvalue weighted by atomic mass is 35.5. The molecule has 7 heteroatoms. The van der Waals surface area contributed by atoms with Crippen molar-refractivity contribution in [1.82, 2.24) is 10.2 Å². The van der Waals surface area contributed by atoms with Gasteiger partial charge in [0.1, 0.15) is 0 Å². The molecular weight excluding hydrogens is 382 g/mol. The van der Waals surface area contributed by atoms with Gasteiger partial charge in [-0.3, -0.25) is 4.79 Å². The molecule has 1 atom stereocenters. The van der Waals surface area contributed by atoms with Gasteiger partial charge in [-0.25, -0.2) is 0 Å². The van der Waals surface area contributed by atoms with Crippen LogP contribution in [0.25, 0.3) is 11.5 Å². The van der Waals surface area contributed by atoms with Crippen LogP contribution in [0.4, 0.5) is 5.69 Å². The van der Waals surface area contributed by atoms with Gasteiger partial charge in [0.05, 0.1) is 5.25 Å². The number of nitrogens with zero attached hydrogens (tertiary/aromatic N) is 2. The van der Waals surface area contributed by atoms with Crippen molar-refractivity contribution in [2.45, 2.75) is 38.2 Å². The Hall–Kier alpha value is -2.31. The van der Waals surface area contributed by atoms with E-state index in [1.165, 1.54) is 11.8 Å². The third-order valence-electron chi connectivity index (χ3n) is 3.98. The van der Waals surface area contributed by atoms with Crippen LogP contribution < -0.4 is 5.32 Å². The molecule has 0 saturated heterocycles. The number of nitrogens with one attached hydrogen (secondary N) is 1. The lowest BCUT2D eigenvalue weighted by atomic mass is 10.1. The van der Waals surface area contributed by atoms with Crippen LogP contribution in [-0.2, 0) is 4.79 Å². The molecular formula is C20H20ClN3O2S. The summed E-state index contributed by atoms with van der Waals surface area (Å²) in [6, 6.07) is 11.5. The van der Waals surface area contributed by atoms with Crippen LogP contribution in [0, 0.1) is 20.8 Å². The number of amides is 1. The Morgan fingerprint density at radius 1 is 1.11 bits per heavy atom. The Morgan fingerprint density at radius 2 is 1.81 bits per heavy atom. The first-order chi connectivity index (χ1) is 12.8. The molecule has 3 rings (SSSR count). The Kier molecular flexibility index (Phi) is 5.87. The molecule has 1 aromatic heterocycles. The number of hydrogen-bond acceptors (Lipinski definition) is 5. The van der Waals surface area contributed by atoms with Crippen molar-refractivity contribution in [3.63, 3.8) is 0 Å². The van der Waals surface area contributed by atoms with Gasteiger partial charge in [0.15, 0.2) is 0 Å². The number of aromatic nitrogens is 2. The van der Waals surface area contributed by atoms with Crippen LogP contribution >= 0.6 is 23.4 Å². The van der Waals surface area contributed by atoms with Gasteiger partial charge in [-0.2, -0.15) is 0 Å². The molecule has 140 valence electrons. The average molecular weight is 402 g/mol. The molecule has 0 aliphatic carbocycles. The number of halogens is 1. The van der Waals surface area contributed by atoms with Crippen molar-refractivity contribution >= 4 is 35.0 Å². The zero-order valence-electron chi connectivity index (χ0n) is 15.5. The molecule has 0 aliphatic rings. The fourth-order valence-electron chi connectivity index (χ4n) is 2.64.